The van der Waals surface area contributed by atoms with Gasteiger partial charge in [0.15, 0.2) is 0 Å². The molecule has 0 fully saturated rings. The minimum atomic E-state index is -4.80. The zero-order chi connectivity index (χ0) is 26.6. The maximum atomic E-state index is 13.0. The maximum Gasteiger partial charge on any atom is 0.431 e. The van der Waals surface area contributed by atoms with E-state index in [4.69, 9.17) is 11.1 Å². The highest BCUT2D eigenvalue weighted by atomic mass is 19.4. The summed E-state index contributed by atoms with van der Waals surface area (Å²) in [5, 5.41) is 10.4. The Bertz CT molecular complexity index is 1560. The summed E-state index contributed by atoms with van der Waals surface area (Å²) >= 11 is 0. The number of nitrogens with one attached hydrogen (secondary N) is 2. The van der Waals surface area contributed by atoms with Gasteiger partial charge in [-0.05, 0) is 53.1 Å². The van der Waals surface area contributed by atoms with Crippen LogP contribution in [0.5, 0.6) is 0 Å². The van der Waals surface area contributed by atoms with Crippen molar-refractivity contribution in [3.63, 3.8) is 0 Å². The van der Waals surface area contributed by atoms with E-state index in [0.717, 1.165) is 5.56 Å². The monoisotopic (exact) mass is 506 g/mol. The van der Waals surface area contributed by atoms with E-state index in [9.17, 15) is 22.8 Å². The predicted molar refractivity (Wildman–Crippen MR) is 133 cm³/mol. The van der Waals surface area contributed by atoms with Crippen LogP contribution in [0.3, 0.4) is 0 Å². The number of hydrogen-bond acceptors (Lipinski definition) is 6. The van der Waals surface area contributed by atoms with Crippen LogP contribution in [0, 0.1) is 5.41 Å². The summed E-state index contributed by atoms with van der Waals surface area (Å²) in [5.41, 5.74) is 5.06. The fourth-order valence-electron chi connectivity index (χ4n) is 3.70. The van der Waals surface area contributed by atoms with Crippen LogP contribution in [0.4, 0.5) is 13.2 Å². The highest BCUT2D eigenvalue weighted by Crippen LogP contribution is 2.28. The van der Waals surface area contributed by atoms with E-state index in [1.165, 1.54) is 29.1 Å². The van der Waals surface area contributed by atoms with Gasteiger partial charge in [0.25, 0.3) is 11.5 Å². The topological polar surface area (TPSA) is 127 Å². The lowest BCUT2D eigenvalue weighted by Gasteiger charge is -2.12. The van der Waals surface area contributed by atoms with Crippen LogP contribution >= 0.6 is 0 Å². The highest BCUT2D eigenvalue weighted by Gasteiger charge is 2.34. The number of rotatable bonds is 7. The molecule has 188 valence electrons. The van der Waals surface area contributed by atoms with Crippen LogP contribution in [0.25, 0.3) is 16.5 Å². The molecule has 0 saturated carbocycles. The molecule has 4 aromatic rings. The number of amides is 1. The minimum absolute atomic E-state index is 0.0208. The Morgan fingerprint density at radius 1 is 1.05 bits per heavy atom. The summed E-state index contributed by atoms with van der Waals surface area (Å²) in [6.07, 6.45) is 0.277. The van der Waals surface area contributed by atoms with E-state index in [1.54, 1.807) is 48.8 Å². The van der Waals surface area contributed by atoms with E-state index >= 15 is 0 Å². The number of carbonyl (C=O) groups is 1. The average Bonchev–Trinajstić information content (AvgIpc) is 2.89. The summed E-state index contributed by atoms with van der Waals surface area (Å²) in [7, 11) is 0. The lowest BCUT2D eigenvalue weighted by molar-refractivity contribution is -0.0918. The fraction of sp³-hybridized carbons (Fsp3) is 0.115. The molecule has 1 amide bonds. The number of hydrogen-bond donors (Lipinski definition) is 3. The molecule has 11 heteroatoms. The number of aromatic nitrogens is 3. The number of fused-ring (bicyclic) bond motifs is 1. The molecule has 2 heterocycles. The zero-order valence-corrected chi connectivity index (χ0v) is 19.3. The number of nitrogens with zero attached hydrogens (tertiary/aromatic N) is 3. The standard InChI is InChI=1S/C26H21F3N6O2/c27-26(28,29)23(31)21(12-30)18-4-5-20-22(11-18)34-15-35(25(20)37)14-17-2-1-3-19(10-17)24(36)33-13-16-6-8-32-9-7-16/h1-12,15,30H,13-14,31H2,(H,33,36)/b23-21+,30-12?. The molecule has 4 N–H and O–H groups in total. The third-order valence-corrected chi connectivity index (χ3v) is 5.62. The van der Waals surface area contributed by atoms with Crippen LogP contribution < -0.4 is 16.6 Å². The maximum absolute atomic E-state index is 13.0. The molecule has 0 aliphatic carbocycles. The number of nitrogens with two attached hydrogens (primary N) is 1. The third kappa shape index (κ3) is 5.72. The second-order valence-corrected chi connectivity index (χ2v) is 8.12. The lowest BCUT2D eigenvalue weighted by Crippen LogP contribution is -2.24. The number of alkyl halides is 3. The van der Waals surface area contributed by atoms with E-state index in [0.29, 0.717) is 23.9 Å². The first-order valence-corrected chi connectivity index (χ1v) is 11.0. The Labute approximate surface area is 208 Å². The van der Waals surface area contributed by atoms with Gasteiger partial charge in [-0.15, -0.1) is 0 Å². The van der Waals surface area contributed by atoms with E-state index in [2.05, 4.69) is 15.3 Å². The lowest BCUT2D eigenvalue weighted by atomic mass is 10.0. The van der Waals surface area contributed by atoms with Crippen molar-refractivity contribution in [3.8, 4) is 0 Å². The number of pyridine rings is 1. The first-order chi connectivity index (χ1) is 17.7. The molecule has 2 aromatic heterocycles. The number of allylic oxidation sites excluding steroid dienone is 2. The molecular weight excluding hydrogens is 485 g/mol. The molecule has 0 aliphatic rings. The van der Waals surface area contributed by atoms with Crippen LogP contribution in [0.2, 0.25) is 0 Å². The van der Waals surface area contributed by atoms with Crippen molar-refractivity contribution in [1.82, 2.24) is 19.9 Å². The van der Waals surface area contributed by atoms with Crippen LogP contribution in [-0.4, -0.2) is 32.8 Å². The first-order valence-electron chi connectivity index (χ1n) is 11.0. The molecule has 0 radical (unpaired) electrons. The van der Waals surface area contributed by atoms with Gasteiger partial charge in [-0.25, -0.2) is 4.98 Å². The quantitative estimate of drug-likeness (QED) is 0.330. The Morgan fingerprint density at radius 3 is 2.51 bits per heavy atom. The highest BCUT2D eigenvalue weighted by molar-refractivity contribution is 6.10. The molecular formula is C26H21F3N6O2. The van der Waals surface area contributed by atoms with Crippen molar-refractivity contribution in [2.75, 3.05) is 0 Å². The Kier molecular flexibility index (Phi) is 7.14. The normalized spacial score (nSPS) is 12.2. The predicted octanol–water partition coefficient (Wildman–Crippen LogP) is 3.65. The van der Waals surface area contributed by atoms with Crippen molar-refractivity contribution in [2.45, 2.75) is 19.3 Å². The summed E-state index contributed by atoms with van der Waals surface area (Å²) < 4.78 is 40.4. The molecule has 0 unspecified atom stereocenters. The Balaban J connectivity index is 1.57. The van der Waals surface area contributed by atoms with Crippen molar-refractivity contribution < 1.29 is 18.0 Å². The van der Waals surface area contributed by atoms with Gasteiger partial charge in [-0.3, -0.25) is 19.1 Å². The molecule has 8 nitrogen and oxygen atoms in total. The van der Waals surface area contributed by atoms with Gasteiger partial charge in [0.2, 0.25) is 0 Å². The zero-order valence-electron chi connectivity index (χ0n) is 19.3. The SMILES string of the molecule is N=C/C(=C(\N)C(F)(F)F)c1ccc2c(=O)n(Cc3cccc(C(=O)NCc4ccncc4)c3)cnc2c1. The summed E-state index contributed by atoms with van der Waals surface area (Å²) in [4.78, 5) is 33.8. The molecule has 0 spiro atoms. The molecule has 2 aromatic carbocycles. The molecule has 37 heavy (non-hydrogen) atoms. The third-order valence-electron chi connectivity index (χ3n) is 5.62. The fourth-order valence-corrected chi connectivity index (χ4v) is 3.70. The Hall–Kier alpha value is -4.80. The molecule has 0 atom stereocenters. The van der Waals surface area contributed by atoms with E-state index < -0.39 is 23.0 Å². The number of halogens is 3. The van der Waals surface area contributed by atoms with Crippen molar-refractivity contribution >= 4 is 28.6 Å². The second kappa shape index (κ2) is 10.4. The van der Waals surface area contributed by atoms with Gasteiger partial charge in [0.1, 0.15) is 5.70 Å². The van der Waals surface area contributed by atoms with Gasteiger partial charge in [0, 0.05) is 36.3 Å². The molecule has 0 saturated heterocycles. The van der Waals surface area contributed by atoms with Gasteiger partial charge in [0.05, 0.1) is 23.8 Å². The Morgan fingerprint density at radius 2 is 1.81 bits per heavy atom. The van der Waals surface area contributed by atoms with Gasteiger partial charge >= 0.3 is 6.18 Å². The first kappa shape index (κ1) is 25.3. The van der Waals surface area contributed by atoms with Gasteiger partial charge in [-0.2, -0.15) is 13.2 Å². The summed E-state index contributed by atoms with van der Waals surface area (Å²) in [6, 6.07) is 14.3. The number of benzene rings is 2. The summed E-state index contributed by atoms with van der Waals surface area (Å²) in [5.74, 6) is -0.275. The van der Waals surface area contributed by atoms with Crippen LogP contribution in [0.1, 0.15) is 27.0 Å². The van der Waals surface area contributed by atoms with Crippen molar-refractivity contribution in [2.24, 2.45) is 5.73 Å². The van der Waals surface area contributed by atoms with Gasteiger partial charge < -0.3 is 16.5 Å². The number of carbonyl (C=O) groups excluding carboxylic acids is 1. The smallest absolute Gasteiger partial charge is 0.394 e. The second-order valence-electron chi connectivity index (χ2n) is 8.12. The average molecular weight is 506 g/mol. The van der Waals surface area contributed by atoms with E-state index in [1.807, 2.05) is 0 Å². The van der Waals surface area contributed by atoms with Crippen LogP contribution in [0.15, 0.2) is 83.8 Å². The minimum Gasteiger partial charge on any atom is -0.394 e. The van der Waals surface area contributed by atoms with Crippen molar-refractivity contribution in [3.05, 3.63) is 112 Å². The molecule has 4 rings (SSSR count). The molecule has 0 bridgehead atoms. The largest absolute Gasteiger partial charge is 0.431 e. The van der Waals surface area contributed by atoms with E-state index in [-0.39, 0.29) is 28.9 Å². The van der Waals surface area contributed by atoms with Crippen molar-refractivity contribution in [1.29, 1.82) is 5.41 Å². The summed E-state index contributed by atoms with van der Waals surface area (Å²) in [6.45, 7) is 0.465. The van der Waals surface area contributed by atoms with Gasteiger partial charge in [-0.1, -0.05) is 18.2 Å². The van der Waals surface area contributed by atoms with Crippen LogP contribution in [-0.2, 0) is 13.1 Å². The molecule has 0 aliphatic heterocycles.